The van der Waals surface area contributed by atoms with Crippen LogP contribution in [0.4, 0.5) is 0 Å². The molecule has 5 heteroatoms. The Bertz CT molecular complexity index is 265. The lowest BCUT2D eigenvalue weighted by molar-refractivity contribution is 0.0220. The van der Waals surface area contributed by atoms with Gasteiger partial charge in [-0.3, -0.25) is 9.89 Å². The average molecular weight is 284 g/mol. The molecule has 1 fully saturated rings. The maximum Gasteiger partial charge on any atom is 0.191 e. The lowest BCUT2D eigenvalue weighted by Gasteiger charge is -2.31. The zero-order valence-corrected chi connectivity index (χ0v) is 13.5. The highest BCUT2D eigenvalue weighted by Crippen LogP contribution is 2.03. The third-order valence-electron chi connectivity index (χ3n) is 3.60. The monoisotopic (exact) mass is 284 g/mol. The molecular formula is C15H32N4O. The largest absolute Gasteiger partial charge is 0.379 e. The number of guanidine groups is 1. The molecule has 1 heterocycles. The molecule has 1 atom stereocenters. The van der Waals surface area contributed by atoms with E-state index in [4.69, 9.17) is 9.73 Å². The number of hydrogen-bond acceptors (Lipinski definition) is 3. The summed E-state index contributed by atoms with van der Waals surface area (Å²) in [5.74, 6) is 0.948. The predicted octanol–water partition coefficient (Wildman–Crippen LogP) is 1.45. The maximum absolute atomic E-state index is 5.39. The van der Waals surface area contributed by atoms with E-state index >= 15 is 0 Å². The number of morpholine rings is 1. The Morgan fingerprint density at radius 1 is 1.20 bits per heavy atom. The molecule has 118 valence electrons. The first-order valence-corrected chi connectivity index (χ1v) is 8.11. The maximum atomic E-state index is 5.39. The quantitative estimate of drug-likeness (QED) is 0.402. The van der Waals surface area contributed by atoms with Crippen LogP contribution < -0.4 is 10.6 Å². The second-order valence-corrected chi connectivity index (χ2v) is 5.35. The van der Waals surface area contributed by atoms with Crippen LogP contribution in [0, 0.1) is 0 Å². The number of hydrogen-bond donors (Lipinski definition) is 2. The zero-order chi connectivity index (χ0) is 14.6. The van der Waals surface area contributed by atoms with Gasteiger partial charge >= 0.3 is 0 Å². The summed E-state index contributed by atoms with van der Waals surface area (Å²) < 4.78 is 5.39. The molecule has 2 N–H and O–H groups in total. The molecule has 0 bridgehead atoms. The molecule has 0 aromatic rings. The highest BCUT2D eigenvalue weighted by Gasteiger charge is 2.16. The van der Waals surface area contributed by atoms with E-state index in [0.29, 0.717) is 6.04 Å². The minimum absolute atomic E-state index is 0.477. The van der Waals surface area contributed by atoms with E-state index in [-0.39, 0.29) is 0 Å². The number of unbranched alkanes of at least 4 members (excludes halogenated alkanes) is 2. The summed E-state index contributed by atoms with van der Waals surface area (Å²) in [5.41, 5.74) is 0. The molecule has 0 spiro atoms. The minimum Gasteiger partial charge on any atom is -0.379 e. The number of nitrogens with one attached hydrogen (secondary N) is 2. The molecule has 1 rings (SSSR count). The molecule has 1 aliphatic heterocycles. The fourth-order valence-corrected chi connectivity index (χ4v) is 2.28. The highest BCUT2D eigenvalue weighted by atomic mass is 16.5. The van der Waals surface area contributed by atoms with Gasteiger partial charge in [0.1, 0.15) is 0 Å². The Kier molecular flexibility index (Phi) is 9.41. The van der Waals surface area contributed by atoms with Crippen molar-refractivity contribution in [3.05, 3.63) is 0 Å². The van der Waals surface area contributed by atoms with E-state index in [2.05, 4.69) is 36.3 Å². The standard InChI is InChI=1S/C15H32N4O/c1-4-6-7-8-17-15(16-5-2)18-13-14(3)19-9-11-20-12-10-19/h14H,4-13H2,1-3H3,(H2,16,17,18). The summed E-state index contributed by atoms with van der Waals surface area (Å²) in [5, 5.41) is 6.72. The Morgan fingerprint density at radius 3 is 2.60 bits per heavy atom. The molecule has 0 radical (unpaired) electrons. The molecule has 0 amide bonds. The first-order valence-electron chi connectivity index (χ1n) is 8.11. The van der Waals surface area contributed by atoms with E-state index in [0.717, 1.165) is 51.9 Å². The minimum atomic E-state index is 0.477. The van der Waals surface area contributed by atoms with Crippen molar-refractivity contribution in [3.8, 4) is 0 Å². The van der Waals surface area contributed by atoms with E-state index in [1.165, 1.54) is 19.3 Å². The highest BCUT2D eigenvalue weighted by molar-refractivity contribution is 5.79. The first-order chi connectivity index (χ1) is 9.77. The van der Waals surface area contributed by atoms with Gasteiger partial charge in [0, 0.05) is 32.2 Å². The molecule has 1 saturated heterocycles. The normalized spacial score (nSPS) is 18.9. The van der Waals surface area contributed by atoms with Gasteiger partial charge in [0.2, 0.25) is 0 Å². The molecular weight excluding hydrogens is 252 g/mol. The van der Waals surface area contributed by atoms with E-state index in [9.17, 15) is 0 Å². The first kappa shape index (κ1) is 17.2. The van der Waals surface area contributed by atoms with Gasteiger partial charge in [-0.1, -0.05) is 19.8 Å². The van der Waals surface area contributed by atoms with Crippen LogP contribution in [0.2, 0.25) is 0 Å². The number of nitrogens with zero attached hydrogens (tertiary/aromatic N) is 2. The number of rotatable bonds is 8. The van der Waals surface area contributed by atoms with Crippen molar-refractivity contribution >= 4 is 5.96 Å². The van der Waals surface area contributed by atoms with Gasteiger partial charge in [0.25, 0.3) is 0 Å². The van der Waals surface area contributed by atoms with Gasteiger partial charge in [-0.05, 0) is 20.3 Å². The third kappa shape index (κ3) is 7.10. The summed E-state index contributed by atoms with van der Waals surface area (Å²) in [4.78, 5) is 7.15. The SMILES string of the molecule is CCCCCNC(=NCC(C)N1CCOCC1)NCC. The summed E-state index contributed by atoms with van der Waals surface area (Å²) in [7, 11) is 0. The zero-order valence-electron chi connectivity index (χ0n) is 13.5. The van der Waals surface area contributed by atoms with Crippen molar-refractivity contribution in [2.24, 2.45) is 4.99 Å². The van der Waals surface area contributed by atoms with Gasteiger partial charge in [0.15, 0.2) is 5.96 Å². The summed E-state index contributed by atoms with van der Waals surface area (Å²) in [6.07, 6.45) is 3.74. The van der Waals surface area contributed by atoms with Crippen LogP contribution in [0.15, 0.2) is 4.99 Å². The molecule has 0 aromatic carbocycles. The lowest BCUT2D eigenvalue weighted by atomic mass is 10.2. The van der Waals surface area contributed by atoms with Crippen LogP contribution in [0.3, 0.4) is 0 Å². The van der Waals surface area contributed by atoms with Gasteiger partial charge < -0.3 is 15.4 Å². The average Bonchev–Trinajstić information content (AvgIpc) is 2.49. The molecule has 0 saturated carbocycles. The topological polar surface area (TPSA) is 48.9 Å². The van der Waals surface area contributed by atoms with Gasteiger partial charge in [-0.25, -0.2) is 0 Å². The van der Waals surface area contributed by atoms with Crippen molar-refractivity contribution in [2.45, 2.75) is 46.1 Å². The summed E-state index contributed by atoms with van der Waals surface area (Å²) >= 11 is 0. The van der Waals surface area contributed by atoms with Crippen LogP contribution in [-0.4, -0.2) is 62.8 Å². The fourth-order valence-electron chi connectivity index (χ4n) is 2.28. The van der Waals surface area contributed by atoms with Gasteiger partial charge in [-0.2, -0.15) is 0 Å². The smallest absolute Gasteiger partial charge is 0.191 e. The van der Waals surface area contributed by atoms with Crippen LogP contribution in [0.25, 0.3) is 0 Å². The van der Waals surface area contributed by atoms with Gasteiger partial charge in [0.05, 0.1) is 19.8 Å². The van der Waals surface area contributed by atoms with Crippen LogP contribution in [-0.2, 0) is 4.74 Å². The van der Waals surface area contributed by atoms with E-state index < -0.39 is 0 Å². The fraction of sp³-hybridized carbons (Fsp3) is 0.933. The second kappa shape index (κ2) is 10.9. The van der Waals surface area contributed by atoms with Crippen molar-refractivity contribution in [1.29, 1.82) is 0 Å². The molecule has 20 heavy (non-hydrogen) atoms. The number of ether oxygens (including phenoxy) is 1. The van der Waals surface area contributed by atoms with Crippen molar-refractivity contribution in [3.63, 3.8) is 0 Å². The van der Waals surface area contributed by atoms with Crippen molar-refractivity contribution < 1.29 is 4.74 Å². The Balaban J connectivity index is 2.32. The van der Waals surface area contributed by atoms with Gasteiger partial charge in [-0.15, -0.1) is 0 Å². The molecule has 0 aliphatic carbocycles. The summed E-state index contributed by atoms with van der Waals surface area (Å²) in [6, 6.07) is 0.477. The molecule has 5 nitrogen and oxygen atoms in total. The van der Waals surface area contributed by atoms with Crippen molar-refractivity contribution in [1.82, 2.24) is 15.5 Å². The third-order valence-corrected chi connectivity index (χ3v) is 3.60. The Hall–Kier alpha value is -0.810. The Labute approximate surface area is 124 Å². The van der Waals surface area contributed by atoms with Crippen LogP contribution in [0.1, 0.15) is 40.0 Å². The molecule has 1 aliphatic rings. The Morgan fingerprint density at radius 2 is 1.95 bits per heavy atom. The van der Waals surface area contributed by atoms with Crippen molar-refractivity contribution in [2.75, 3.05) is 45.9 Å². The van der Waals surface area contributed by atoms with Crippen LogP contribution >= 0.6 is 0 Å². The molecule has 1 unspecified atom stereocenters. The van der Waals surface area contributed by atoms with Crippen LogP contribution in [0.5, 0.6) is 0 Å². The van der Waals surface area contributed by atoms with E-state index in [1.54, 1.807) is 0 Å². The lowest BCUT2D eigenvalue weighted by Crippen LogP contribution is -2.44. The van der Waals surface area contributed by atoms with E-state index in [1.807, 2.05) is 0 Å². The predicted molar refractivity (Wildman–Crippen MR) is 85.4 cm³/mol. The number of aliphatic imine (C=N–C) groups is 1. The summed E-state index contributed by atoms with van der Waals surface area (Å²) in [6.45, 7) is 13.1. The molecule has 0 aromatic heterocycles. The second-order valence-electron chi connectivity index (χ2n) is 5.35.